The Labute approximate surface area is 579 Å². The van der Waals surface area contributed by atoms with Crippen LogP contribution in [-0.2, 0) is 23.8 Å². The molecule has 0 aromatic heterocycles. The summed E-state index contributed by atoms with van der Waals surface area (Å²) in [5.74, 6) is -0.181. The average molecular weight is 1330 g/mol. The molecule has 1 heterocycles. The second-order valence-corrected chi connectivity index (χ2v) is 28.1. The molecule has 0 bridgehead atoms. The Hall–Kier alpha value is -2.64. The lowest BCUT2D eigenvalue weighted by Crippen LogP contribution is -2.60. The predicted molar refractivity (Wildman–Crippen MR) is 398 cm³/mol. The Kier molecular flexibility index (Phi) is 68.1. The van der Waals surface area contributed by atoms with Crippen LogP contribution in [0.25, 0.3) is 0 Å². The third-order valence-electron chi connectivity index (χ3n) is 19.1. The van der Waals surface area contributed by atoms with Gasteiger partial charge in [0.2, 0.25) is 5.91 Å². The third kappa shape index (κ3) is 59.4. The van der Waals surface area contributed by atoms with E-state index in [1.165, 1.54) is 302 Å². The molecule has 0 spiro atoms. The Morgan fingerprint density at radius 1 is 0.394 bits per heavy atom. The van der Waals surface area contributed by atoms with Crippen molar-refractivity contribution in [3.8, 4) is 0 Å². The third-order valence-corrected chi connectivity index (χ3v) is 19.1. The largest absolute Gasteiger partial charge is 0.466 e. The monoisotopic (exact) mass is 1320 g/mol. The van der Waals surface area contributed by atoms with Crippen molar-refractivity contribution in [2.75, 3.05) is 19.8 Å². The molecule has 1 saturated heterocycles. The molecular weight excluding hydrogens is 1170 g/mol. The number of hydrogen-bond donors (Lipinski definition) is 6. The highest BCUT2D eigenvalue weighted by Gasteiger charge is 2.44. The van der Waals surface area contributed by atoms with Crippen molar-refractivity contribution in [1.82, 2.24) is 5.32 Å². The fourth-order valence-electron chi connectivity index (χ4n) is 12.7. The molecule has 6 N–H and O–H groups in total. The minimum atomic E-state index is -1.58. The first-order valence-electron chi connectivity index (χ1n) is 40.6. The molecule has 1 fully saturated rings. The van der Waals surface area contributed by atoms with Gasteiger partial charge in [-0.1, -0.05) is 338 Å². The van der Waals surface area contributed by atoms with E-state index in [2.05, 4.69) is 67.8 Å². The lowest BCUT2D eigenvalue weighted by molar-refractivity contribution is -0.302. The van der Waals surface area contributed by atoms with Gasteiger partial charge in [0.1, 0.15) is 24.4 Å². The lowest BCUT2D eigenvalue weighted by atomic mass is 9.99. The molecule has 11 heteroatoms. The zero-order chi connectivity index (χ0) is 67.9. The van der Waals surface area contributed by atoms with Crippen LogP contribution in [-0.4, -0.2) is 100 Å². The van der Waals surface area contributed by atoms with Crippen LogP contribution in [0.4, 0.5) is 0 Å². The predicted octanol–water partition coefficient (Wildman–Crippen LogP) is 22.0. The van der Waals surface area contributed by atoms with E-state index in [9.17, 15) is 35.1 Å². The van der Waals surface area contributed by atoms with Crippen LogP contribution in [0.3, 0.4) is 0 Å². The van der Waals surface area contributed by atoms with Crippen molar-refractivity contribution in [2.45, 2.75) is 436 Å². The van der Waals surface area contributed by atoms with E-state index in [0.29, 0.717) is 19.4 Å². The van der Waals surface area contributed by atoms with Crippen LogP contribution in [0.5, 0.6) is 0 Å². The molecule has 1 aliphatic heterocycles. The standard InChI is InChI=1S/C83H153NO10/c1-3-5-7-9-11-13-15-16-17-44-47-51-55-59-63-67-71-79(88)92-72-68-64-60-56-52-48-45-42-40-38-36-34-32-30-28-26-24-22-20-18-19-21-23-25-27-29-31-33-35-37-39-41-43-46-50-54-58-62-66-70-78(87)84-75(74-93-83-82(91)81(90)80(89)77(73-85)94-83)76(86)69-65-61-57-53-49-14-12-10-8-6-4-2/h17-19,22,24,44,49,53,65,69,75-77,80-83,85-86,89-91H,3-16,20-21,23,25-43,45-48,50-52,54-64,66-68,70-74H2,1-2H3,(H,84,87)/b19-18-,24-22-,44-17-,53-49+,69-65+. The van der Waals surface area contributed by atoms with Crippen LogP contribution < -0.4 is 5.32 Å². The maximum absolute atomic E-state index is 13.1. The molecular formula is C83H153NO10. The highest BCUT2D eigenvalue weighted by molar-refractivity contribution is 5.76. The van der Waals surface area contributed by atoms with Gasteiger partial charge in [0.15, 0.2) is 6.29 Å². The van der Waals surface area contributed by atoms with Gasteiger partial charge < -0.3 is 45.1 Å². The van der Waals surface area contributed by atoms with E-state index in [1.807, 2.05) is 6.08 Å². The van der Waals surface area contributed by atoms with Crippen molar-refractivity contribution in [1.29, 1.82) is 0 Å². The van der Waals surface area contributed by atoms with Crippen molar-refractivity contribution in [2.24, 2.45) is 0 Å². The Balaban J connectivity index is 1.88. The number of nitrogens with one attached hydrogen (secondary N) is 1. The van der Waals surface area contributed by atoms with Gasteiger partial charge in [0, 0.05) is 12.8 Å². The number of carbonyl (C=O) groups excluding carboxylic acids is 2. The van der Waals surface area contributed by atoms with Crippen LogP contribution in [0, 0.1) is 0 Å². The van der Waals surface area contributed by atoms with Crippen LogP contribution in [0.15, 0.2) is 60.8 Å². The smallest absolute Gasteiger partial charge is 0.305 e. The van der Waals surface area contributed by atoms with Gasteiger partial charge in [0.25, 0.3) is 0 Å². The summed E-state index contributed by atoms with van der Waals surface area (Å²) in [6, 6.07) is -0.825. The molecule has 0 radical (unpaired) electrons. The normalized spacial score (nSPS) is 17.7. The minimum Gasteiger partial charge on any atom is -0.466 e. The summed E-state index contributed by atoms with van der Waals surface area (Å²) in [4.78, 5) is 25.2. The number of amides is 1. The summed E-state index contributed by atoms with van der Waals surface area (Å²) >= 11 is 0. The molecule has 1 amide bonds. The number of aliphatic hydroxyl groups is 5. The van der Waals surface area contributed by atoms with E-state index in [0.717, 1.165) is 64.2 Å². The Bertz CT molecular complexity index is 1750. The first-order chi connectivity index (χ1) is 46.2. The average Bonchev–Trinajstić information content (AvgIpc) is 1.04. The Morgan fingerprint density at radius 2 is 0.723 bits per heavy atom. The second kappa shape index (κ2) is 71.6. The van der Waals surface area contributed by atoms with Gasteiger partial charge in [-0.15, -0.1) is 0 Å². The van der Waals surface area contributed by atoms with Crippen molar-refractivity contribution in [3.05, 3.63) is 60.8 Å². The first kappa shape index (κ1) is 89.4. The molecule has 0 aliphatic carbocycles. The van der Waals surface area contributed by atoms with Crippen molar-refractivity contribution in [3.63, 3.8) is 0 Å². The molecule has 94 heavy (non-hydrogen) atoms. The number of allylic oxidation sites excluding steroid dienone is 9. The van der Waals surface area contributed by atoms with E-state index < -0.39 is 49.5 Å². The zero-order valence-corrected chi connectivity index (χ0v) is 61.4. The molecule has 1 rings (SSSR count). The summed E-state index contributed by atoms with van der Waals surface area (Å²) in [6.45, 7) is 4.34. The van der Waals surface area contributed by atoms with Crippen LogP contribution in [0.1, 0.15) is 393 Å². The summed E-state index contributed by atoms with van der Waals surface area (Å²) in [5.41, 5.74) is 0. The van der Waals surface area contributed by atoms with Crippen LogP contribution >= 0.6 is 0 Å². The van der Waals surface area contributed by atoms with E-state index >= 15 is 0 Å². The quantitative estimate of drug-likeness (QED) is 0.0195. The maximum Gasteiger partial charge on any atom is 0.305 e. The first-order valence-corrected chi connectivity index (χ1v) is 40.6. The van der Waals surface area contributed by atoms with Crippen LogP contribution in [0.2, 0.25) is 0 Å². The maximum atomic E-state index is 13.1. The number of unbranched alkanes of at least 4 members (excludes halogenated alkanes) is 50. The van der Waals surface area contributed by atoms with Gasteiger partial charge in [-0.3, -0.25) is 9.59 Å². The zero-order valence-electron chi connectivity index (χ0n) is 61.4. The fourth-order valence-corrected chi connectivity index (χ4v) is 12.7. The van der Waals surface area contributed by atoms with E-state index in [1.54, 1.807) is 6.08 Å². The van der Waals surface area contributed by atoms with Gasteiger partial charge in [-0.2, -0.15) is 0 Å². The topological polar surface area (TPSA) is 175 Å². The van der Waals surface area contributed by atoms with Gasteiger partial charge in [0.05, 0.1) is 32.0 Å². The second-order valence-electron chi connectivity index (χ2n) is 28.1. The summed E-state index contributed by atoms with van der Waals surface area (Å²) < 4.78 is 16.7. The fraction of sp³-hybridized carbons (Fsp3) is 0.855. The molecule has 1 aliphatic rings. The lowest BCUT2D eigenvalue weighted by Gasteiger charge is -2.40. The molecule has 11 nitrogen and oxygen atoms in total. The summed E-state index contributed by atoms with van der Waals surface area (Å²) in [7, 11) is 0. The molecule has 0 aromatic rings. The molecule has 550 valence electrons. The van der Waals surface area contributed by atoms with Crippen molar-refractivity contribution >= 4 is 11.9 Å². The number of hydrogen-bond acceptors (Lipinski definition) is 10. The van der Waals surface area contributed by atoms with E-state index in [4.69, 9.17) is 14.2 Å². The van der Waals surface area contributed by atoms with Gasteiger partial charge in [-0.25, -0.2) is 0 Å². The highest BCUT2D eigenvalue weighted by Crippen LogP contribution is 2.24. The SMILES string of the molecule is CCCCCCC/C=C/CC/C=C/C(O)C(COC1OC(CO)C(O)C(O)C1O)NC(=O)CCCCCCCCCCCCCCCCCCC/C=C\C/C=C\CCCCCCCCCCCCCCCCCOC(=O)CCCCCCC/C=C\CCCCCCCCC. The van der Waals surface area contributed by atoms with E-state index in [-0.39, 0.29) is 18.5 Å². The van der Waals surface area contributed by atoms with Gasteiger partial charge >= 0.3 is 5.97 Å². The molecule has 7 atom stereocenters. The number of ether oxygens (including phenoxy) is 3. The summed E-state index contributed by atoms with van der Waals surface area (Å²) in [5, 5.41) is 54.4. The molecule has 0 saturated carbocycles. The number of aliphatic hydroxyl groups excluding tert-OH is 5. The van der Waals surface area contributed by atoms with Gasteiger partial charge in [-0.05, 0) is 103 Å². The number of carbonyl (C=O) groups is 2. The number of rotatable bonds is 72. The number of esters is 1. The minimum absolute atomic E-state index is 0.00730. The molecule has 7 unspecified atom stereocenters. The molecule has 0 aromatic carbocycles. The van der Waals surface area contributed by atoms with Crippen molar-refractivity contribution < 1.29 is 49.3 Å². The highest BCUT2D eigenvalue weighted by atomic mass is 16.7. The summed E-state index contributed by atoms with van der Waals surface area (Å²) in [6.07, 6.45) is 87.0. The Morgan fingerprint density at radius 3 is 1.12 bits per heavy atom.